The highest BCUT2D eigenvalue weighted by molar-refractivity contribution is 6.63. The SMILES string of the molecule is C.CC(C)(C)OC(=O)NCOc1cccc2c1B(O)OC2CN.CC(C)(C)OC(=O)NCOc1cccc2c1B(O)OC2C[N+](=O)[O-].NCOc1cccc2c1B(O)OC2CN. The van der Waals surface area contributed by atoms with E-state index in [2.05, 4.69) is 10.6 Å². The molecule has 0 saturated heterocycles. The fourth-order valence-corrected chi connectivity index (χ4v) is 6.29. The van der Waals surface area contributed by atoms with Crippen LogP contribution in [0, 0.1) is 10.1 Å². The number of hydrogen-bond donors (Lipinski definition) is 8. The minimum atomic E-state index is -1.32. The molecule has 0 radical (unpaired) electrons. The lowest BCUT2D eigenvalue weighted by atomic mass is 9.78. The van der Waals surface area contributed by atoms with Gasteiger partial charge in [-0.3, -0.25) is 26.5 Å². The Kier molecular flexibility index (Phi) is 18.8. The highest BCUT2D eigenvalue weighted by Gasteiger charge is 2.41. The van der Waals surface area contributed by atoms with Crippen LogP contribution in [-0.4, -0.2) is 105 Å². The number of ether oxygens (including phenoxy) is 5. The minimum absolute atomic E-state index is 0. The van der Waals surface area contributed by atoms with Gasteiger partial charge in [-0.15, -0.1) is 0 Å². The Morgan fingerprint density at radius 2 is 1.00 bits per heavy atom. The number of rotatable bonds is 12. The molecule has 24 heteroatoms. The molecule has 3 heterocycles. The molecule has 3 aromatic rings. The van der Waals surface area contributed by atoms with E-state index in [1.165, 1.54) is 0 Å². The van der Waals surface area contributed by atoms with Crippen molar-refractivity contribution in [2.24, 2.45) is 17.2 Å². The lowest BCUT2D eigenvalue weighted by molar-refractivity contribution is -0.490. The van der Waals surface area contributed by atoms with Crippen LogP contribution < -0.4 is 58.4 Å². The average molecular weight is 870 g/mol. The number of nitrogens with two attached hydrogens (primary N) is 3. The van der Waals surface area contributed by atoms with Crippen LogP contribution in [0.1, 0.15) is 84.0 Å². The van der Waals surface area contributed by atoms with Crippen molar-refractivity contribution in [3.8, 4) is 17.2 Å². The maximum atomic E-state index is 11.6. The Bertz CT molecular complexity index is 1970. The van der Waals surface area contributed by atoms with Crippen LogP contribution in [0.25, 0.3) is 0 Å². The third-order valence-electron chi connectivity index (χ3n) is 8.63. The molecule has 3 unspecified atom stereocenters. The molecule has 0 bridgehead atoms. The quantitative estimate of drug-likeness (QED) is 0.0521. The smallest absolute Gasteiger partial charge is 0.479 e. The molecule has 338 valence electrons. The number of benzene rings is 3. The van der Waals surface area contributed by atoms with Crippen LogP contribution in [0.3, 0.4) is 0 Å². The third-order valence-corrected chi connectivity index (χ3v) is 8.63. The first kappa shape index (κ1) is 51.2. The summed E-state index contributed by atoms with van der Waals surface area (Å²) in [7, 11) is -3.37. The summed E-state index contributed by atoms with van der Waals surface area (Å²) < 4.78 is 42.2. The molecule has 11 N–H and O–H groups in total. The summed E-state index contributed by atoms with van der Waals surface area (Å²) in [5, 5.41) is 45.2. The molecular formula is C38H57B3N6O15. The lowest BCUT2D eigenvalue weighted by Crippen LogP contribution is -2.36. The van der Waals surface area contributed by atoms with Crippen LogP contribution in [0.2, 0.25) is 0 Å². The Balaban J connectivity index is 0.000000252. The van der Waals surface area contributed by atoms with Crippen molar-refractivity contribution in [3.63, 3.8) is 0 Å². The molecule has 3 atom stereocenters. The normalized spacial score (nSPS) is 17.1. The zero-order chi connectivity index (χ0) is 45.1. The number of fused-ring (bicyclic) bond motifs is 3. The molecule has 0 saturated carbocycles. The van der Waals surface area contributed by atoms with E-state index in [4.69, 9.17) is 54.8 Å². The Labute approximate surface area is 361 Å². The van der Waals surface area contributed by atoms with Crippen molar-refractivity contribution in [2.45, 2.75) is 78.5 Å². The number of nitrogens with zero attached hydrogens (tertiary/aromatic N) is 1. The fourth-order valence-electron chi connectivity index (χ4n) is 6.29. The van der Waals surface area contributed by atoms with E-state index in [-0.39, 0.29) is 52.1 Å². The first-order chi connectivity index (χ1) is 28.8. The van der Waals surface area contributed by atoms with E-state index in [9.17, 15) is 34.8 Å². The largest absolute Gasteiger partial charge is 0.496 e. The van der Waals surface area contributed by atoms with Crippen molar-refractivity contribution < 1.29 is 67.2 Å². The van der Waals surface area contributed by atoms with Gasteiger partial charge in [0.15, 0.2) is 13.5 Å². The van der Waals surface area contributed by atoms with Gasteiger partial charge in [-0.25, -0.2) is 9.59 Å². The minimum Gasteiger partial charge on any atom is -0.479 e. The van der Waals surface area contributed by atoms with Crippen LogP contribution in [0.5, 0.6) is 17.2 Å². The van der Waals surface area contributed by atoms with Crippen molar-refractivity contribution in [1.29, 1.82) is 0 Å². The maximum Gasteiger partial charge on any atom is 0.496 e. The molecule has 3 aliphatic rings. The van der Waals surface area contributed by atoms with Gasteiger partial charge in [-0.1, -0.05) is 43.8 Å². The number of alkyl carbamates (subject to hydrolysis) is 2. The van der Waals surface area contributed by atoms with Gasteiger partial charge in [0.2, 0.25) is 6.54 Å². The van der Waals surface area contributed by atoms with Crippen molar-refractivity contribution in [3.05, 3.63) is 81.4 Å². The Morgan fingerprint density at radius 3 is 1.32 bits per heavy atom. The second kappa shape index (κ2) is 22.8. The molecule has 0 aromatic heterocycles. The van der Waals surface area contributed by atoms with Gasteiger partial charge in [0.05, 0.1) is 12.2 Å². The van der Waals surface area contributed by atoms with Crippen molar-refractivity contribution in [1.82, 2.24) is 10.6 Å². The molecule has 3 aliphatic heterocycles. The zero-order valence-corrected chi connectivity index (χ0v) is 34.8. The topological polar surface area (TPSA) is 314 Å². The molecular weight excluding hydrogens is 813 g/mol. The highest BCUT2D eigenvalue weighted by Crippen LogP contribution is 2.29. The standard InChI is InChI=1S/C14H19BN2O7.C14H21BN2O5.C9H13BN2O3.CH4/c1-14(2,3)23-13(18)16-8-22-10-6-4-5-9-11(7-17(20)21)24-15(19)12(9)10;1-14(2,3)21-13(18)17-8-20-10-6-4-5-9-11(7-16)22-15(19)12(9)10;11-4-8-6-2-1-3-7(14-5-12)9(6)10(13)15-8;/h4-6,11,19H,7-8H2,1-3H3,(H,16,18);4-6,11,19H,7-8,16H2,1-3H3,(H,17,18);1-3,8,13H,4-5,11-12H2;1H4. The fraction of sp³-hybridized carbons (Fsp3) is 0.474. The number of nitro groups is 1. The van der Waals surface area contributed by atoms with Gasteiger partial charge in [0, 0.05) is 34.4 Å². The van der Waals surface area contributed by atoms with E-state index in [1.807, 2.05) is 18.2 Å². The number of carbonyl (C=O) groups is 2. The summed E-state index contributed by atoms with van der Waals surface area (Å²) in [5.74, 6) is 1.28. The molecule has 6 rings (SSSR count). The highest BCUT2D eigenvalue weighted by atomic mass is 16.6. The summed E-state index contributed by atoms with van der Waals surface area (Å²) in [6.07, 6.45) is -2.68. The number of nitrogens with one attached hydrogen (secondary N) is 2. The second-order valence-electron chi connectivity index (χ2n) is 15.4. The summed E-state index contributed by atoms with van der Waals surface area (Å²) in [5.41, 5.74) is 18.9. The van der Waals surface area contributed by atoms with E-state index >= 15 is 0 Å². The predicted molar refractivity (Wildman–Crippen MR) is 230 cm³/mol. The van der Waals surface area contributed by atoms with Crippen LogP contribution in [0.4, 0.5) is 9.59 Å². The van der Waals surface area contributed by atoms with E-state index in [0.717, 1.165) is 11.1 Å². The van der Waals surface area contributed by atoms with E-state index in [1.54, 1.807) is 77.9 Å². The number of amides is 2. The zero-order valence-electron chi connectivity index (χ0n) is 34.8. The van der Waals surface area contributed by atoms with Gasteiger partial charge in [0.1, 0.15) is 41.3 Å². The summed E-state index contributed by atoms with van der Waals surface area (Å²) in [6.45, 7) is 10.5. The van der Waals surface area contributed by atoms with E-state index < -0.39 is 62.3 Å². The van der Waals surface area contributed by atoms with Gasteiger partial charge in [-0.2, -0.15) is 0 Å². The molecule has 0 fully saturated rings. The van der Waals surface area contributed by atoms with Crippen LogP contribution >= 0.6 is 0 Å². The molecule has 3 aromatic carbocycles. The molecule has 0 spiro atoms. The number of hydrogen-bond acceptors (Lipinski definition) is 18. The molecule has 62 heavy (non-hydrogen) atoms. The summed E-state index contributed by atoms with van der Waals surface area (Å²) in [4.78, 5) is 33.3. The first-order valence-electron chi connectivity index (χ1n) is 19.2. The Hall–Kier alpha value is -5.17. The summed E-state index contributed by atoms with van der Waals surface area (Å²) in [6, 6.07) is 15.6. The molecule has 2 amide bonds. The summed E-state index contributed by atoms with van der Waals surface area (Å²) >= 11 is 0. The van der Waals surface area contributed by atoms with Crippen LogP contribution in [-0.2, 0) is 23.4 Å². The second-order valence-corrected chi connectivity index (χ2v) is 15.4. The van der Waals surface area contributed by atoms with Gasteiger partial charge in [-0.05, 0) is 76.4 Å². The van der Waals surface area contributed by atoms with Crippen molar-refractivity contribution >= 4 is 49.9 Å². The van der Waals surface area contributed by atoms with Gasteiger partial charge >= 0.3 is 33.5 Å². The van der Waals surface area contributed by atoms with Crippen molar-refractivity contribution in [2.75, 3.05) is 39.8 Å². The predicted octanol–water partition coefficient (Wildman–Crippen LogP) is 0.183. The monoisotopic (exact) mass is 870 g/mol. The average Bonchev–Trinajstić information content (AvgIpc) is 3.80. The first-order valence-corrected chi connectivity index (χ1v) is 19.2. The Morgan fingerprint density at radius 1 is 0.661 bits per heavy atom. The van der Waals surface area contributed by atoms with Crippen LogP contribution in [0.15, 0.2) is 54.6 Å². The third kappa shape index (κ3) is 14.2. The number of carbonyl (C=O) groups excluding carboxylic acids is 2. The maximum absolute atomic E-state index is 11.6. The lowest BCUT2D eigenvalue weighted by Gasteiger charge is -2.20. The van der Waals surface area contributed by atoms with E-state index in [0.29, 0.717) is 40.0 Å². The molecule has 0 aliphatic carbocycles. The van der Waals surface area contributed by atoms with Gasteiger partial charge < -0.3 is 64.2 Å². The molecule has 21 nitrogen and oxygen atoms in total. The van der Waals surface area contributed by atoms with Gasteiger partial charge in [0.25, 0.3) is 0 Å².